The van der Waals surface area contributed by atoms with Gasteiger partial charge in [0.15, 0.2) is 0 Å². The van der Waals surface area contributed by atoms with Gasteiger partial charge >= 0.3 is 0 Å². The molecule has 1 unspecified atom stereocenters. The Morgan fingerprint density at radius 2 is 2.33 bits per heavy atom. The monoisotopic (exact) mass is 307 g/mol. The Morgan fingerprint density at radius 1 is 1.56 bits per heavy atom. The number of hydrogen-bond acceptors (Lipinski definition) is 3. The summed E-state index contributed by atoms with van der Waals surface area (Å²) in [6.07, 6.45) is 0.938. The van der Waals surface area contributed by atoms with Crippen molar-refractivity contribution in [3.8, 4) is 6.07 Å². The van der Waals surface area contributed by atoms with E-state index < -0.39 is 0 Å². The van der Waals surface area contributed by atoms with E-state index in [0.29, 0.717) is 5.56 Å². The lowest BCUT2D eigenvalue weighted by molar-refractivity contribution is -0.119. The van der Waals surface area contributed by atoms with Crippen LogP contribution in [-0.2, 0) is 4.79 Å². The van der Waals surface area contributed by atoms with E-state index in [1.165, 1.54) is 6.92 Å². The van der Waals surface area contributed by atoms with Crippen LogP contribution in [0.2, 0.25) is 0 Å². The Kier molecular flexibility index (Phi) is 3.87. The zero-order valence-corrected chi connectivity index (χ0v) is 11.7. The molecule has 1 aromatic rings. The Morgan fingerprint density at radius 3 is 3.00 bits per heavy atom. The average Bonchev–Trinajstić information content (AvgIpc) is 2.75. The normalized spacial score (nSPS) is 18.5. The summed E-state index contributed by atoms with van der Waals surface area (Å²) in [4.78, 5) is 13.2. The summed E-state index contributed by atoms with van der Waals surface area (Å²) in [7, 11) is 0. The van der Waals surface area contributed by atoms with Crippen molar-refractivity contribution in [2.45, 2.75) is 19.4 Å². The number of hydrogen-bond donors (Lipinski definition) is 1. The third-order valence-electron chi connectivity index (χ3n) is 2.97. The van der Waals surface area contributed by atoms with E-state index in [1.807, 2.05) is 12.1 Å². The molecule has 0 aromatic heterocycles. The van der Waals surface area contributed by atoms with Crippen LogP contribution in [0.3, 0.4) is 0 Å². The molecule has 2 rings (SSSR count). The van der Waals surface area contributed by atoms with Crippen LogP contribution in [0, 0.1) is 11.3 Å². The topological polar surface area (TPSA) is 56.1 Å². The van der Waals surface area contributed by atoms with Crippen molar-refractivity contribution in [3.05, 3.63) is 28.2 Å². The van der Waals surface area contributed by atoms with Gasteiger partial charge in [-0.15, -0.1) is 0 Å². The quantitative estimate of drug-likeness (QED) is 0.909. The first-order valence-electron chi connectivity index (χ1n) is 5.81. The van der Waals surface area contributed by atoms with Crippen LogP contribution in [0.4, 0.5) is 5.69 Å². The van der Waals surface area contributed by atoms with Crippen LogP contribution in [0.5, 0.6) is 0 Å². The SMILES string of the molecule is CC(=O)NC1CCN(c2cc(Br)cc(C#N)c2)C1. The summed E-state index contributed by atoms with van der Waals surface area (Å²) in [6.45, 7) is 3.22. The number of nitrogens with zero attached hydrogens (tertiary/aromatic N) is 2. The van der Waals surface area contributed by atoms with Crippen molar-refractivity contribution in [1.29, 1.82) is 5.26 Å². The molecule has 1 aromatic carbocycles. The van der Waals surface area contributed by atoms with E-state index >= 15 is 0 Å². The van der Waals surface area contributed by atoms with Gasteiger partial charge in [0.25, 0.3) is 0 Å². The standard InChI is InChI=1S/C13H14BrN3O/c1-9(18)16-12-2-3-17(8-12)13-5-10(7-15)4-11(14)6-13/h4-6,12H,2-3,8H2,1H3,(H,16,18). The van der Waals surface area contributed by atoms with Crippen molar-refractivity contribution in [2.75, 3.05) is 18.0 Å². The second kappa shape index (κ2) is 5.40. The van der Waals surface area contributed by atoms with Gasteiger partial charge in [-0.1, -0.05) is 15.9 Å². The highest BCUT2D eigenvalue weighted by atomic mass is 79.9. The van der Waals surface area contributed by atoms with Gasteiger partial charge in [0.1, 0.15) is 0 Å². The third kappa shape index (κ3) is 3.02. The molecule has 0 spiro atoms. The smallest absolute Gasteiger partial charge is 0.217 e. The first-order valence-corrected chi connectivity index (χ1v) is 6.60. The van der Waals surface area contributed by atoms with E-state index in [2.05, 4.69) is 32.2 Å². The van der Waals surface area contributed by atoms with Crippen molar-refractivity contribution in [2.24, 2.45) is 0 Å². The number of nitrogens with one attached hydrogen (secondary N) is 1. The summed E-state index contributed by atoms with van der Waals surface area (Å²) in [5, 5.41) is 11.9. The molecule has 5 heteroatoms. The fraction of sp³-hybridized carbons (Fsp3) is 0.385. The van der Waals surface area contributed by atoms with Gasteiger partial charge in [0.05, 0.1) is 11.6 Å². The molecule has 0 saturated carbocycles. The van der Waals surface area contributed by atoms with E-state index in [1.54, 1.807) is 6.07 Å². The maximum atomic E-state index is 11.0. The second-order valence-corrected chi connectivity index (χ2v) is 5.36. The summed E-state index contributed by atoms with van der Waals surface area (Å²) in [5.74, 6) is 0.00815. The van der Waals surface area contributed by atoms with Crippen LogP contribution in [0.15, 0.2) is 22.7 Å². The molecule has 1 fully saturated rings. The molecule has 1 heterocycles. The highest BCUT2D eigenvalue weighted by Crippen LogP contribution is 2.25. The second-order valence-electron chi connectivity index (χ2n) is 4.44. The van der Waals surface area contributed by atoms with Gasteiger partial charge in [-0.3, -0.25) is 4.79 Å². The molecule has 94 valence electrons. The molecular weight excluding hydrogens is 294 g/mol. The lowest BCUT2D eigenvalue weighted by atomic mass is 10.2. The predicted octanol–water partition coefficient (Wildman–Crippen LogP) is 2.04. The predicted molar refractivity (Wildman–Crippen MR) is 73.3 cm³/mol. The number of anilines is 1. The van der Waals surface area contributed by atoms with Crippen LogP contribution in [-0.4, -0.2) is 25.0 Å². The Bertz CT molecular complexity index is 509. The van der Waals surface area contributed by atoms with Crippen molar-refractivity contribution in [3.63, 3.8) is 0 Å². The molecule has 1 aliphatic rings. The van der Waals surface area contributed by atoms with Crippen molar-refractivity contribution in [1.82, 2.24) is 5.32 Å². The molecular formula is C13H14BrN3O. The highest BCUT2D eigenvalue weighted by molar-refractivity contribution is 9.10. The van der Waals surface area contributed by atoms with E-state index in [0.717, 1.165) is 29.7 Å². The first-order chi connectivity index (χ1) is 8.58. The fourth-order valence-electron chi connectivity index (χ4n) is 2.22. The van der Waals surface area contributed by atoms with Gasteiger partial charge in [-0.25, -0.2) is 0 Å². The van der Waals surface area contributed by atoms with E-state index in [4.69, 9.17) is 5.26 Å². The maximum absolute atomic E-state index is 11.0. The summed E-state index contributed by atoms with van der Waals surface area (Å²) in [5.41, 5.74) is 1.66. The van der Waals surface area contributed by atoms with Gasteiger partial charge in [0.2, 0.25) is 5.91 Å². The molecule has 0 aliphatic carbocycles. The highest BCUT2D eigenvalue weighted by Gasteiger charge is 2.23. The number of benzene rings is 1. The minimum Gasteiger partial charge on any atom is -0.369 e. The van der Waals surface area contributed by atoms with Crippen molar-refractivity contribution >= 4 is 27.5 Å². The Balaban J connectivity index is 2.12. The fourth-order valence-corrected chi connectivity index (χ4v) is 2.70. The van der Waals surface area contributed by atoms with Crippen LogP contribution in [0.25, 0.3) is 0 Å². The number of rotatable bonds is 2. The molecule has 1 N–H and O–H groups in total. The van der Waals surface area contributed by atoms with E-state index in [9.17, 15) is 4.79 Å². The van der Waals surface area contributed by atoms with Gasteiger partial charge in [-0.2, -0.15) is 5.26 Å². The average molecular weight is 308 g/mol. The molecule has 0 bridgehead atoms. The number of nitriles is 1. The molecule has 0 radical (unpaired) electrons. The largest absolute Gasteiger partial charge is 0.369 e. The van der Waals surface area contributed by atoms with Crippen LogP contribution < -0.4 is 10.2 Å². The van der Waals surface area contributed by atoms with Gasteiger partial charge in [-0.05, 0) is 24.6 Å². The lowest BCUT2D eigenvalue weighted by Crippen LogP contribution is -2.35. The number of carbonyl (C=O) groups is 1. The number of carbonyl (C=O) groups excluding carboxylic acids is 1. The van der Waals surface area contributed by atoms with Crippen LogP contribution in [0.1, 0.15) is 18.9 Å². The zero-order chi connectivity index (χ0) is 13.1. The minimum atomic E-state index is 0.00815. The van der Waals surface area contributed by atoms with Gasteiger partial charge in [0, 0.05) is 36.2 Å². The number of amides is 1. The third-order valence-corrected chi connectivity index (χ3v) is 3.43. The lowest BCUT2D eigenvalue weighted by Gasteiger charge is -2.19. The molecule has 1 atom stereocenters. The molecule has 1 aliphatic heterocycles. The molecule has 1 amide bonds. The Labute approximate surface area is 115 Å². The molecule has 4 nitrogen and oxygen atoms in total. The summed E-state index contributed by atoms with van der Waals surface area (Å²) < 4.78 is 0.902. The summed E-state index contributed by atoms with van der Waals surface area (Å²) >= 11 is 3.41. The van der Waals surface area contributed by atoms with Crippen molar-refractivity contribution < 1.29 is 4.79 Å². The van der Waals surface area contributed by atoms with Gasteiger partial charge < -0.3 is 10.2 Å². The zero-order valence-electron chi connectivity index (χ0n) is 10.1. The minimum absolute atomic E-state index is 0.00815. The number of halogens is 1. The summed E-state index contributed by atoms with van der Waals surface area (Å²) in [6, 6.07) is 8.02. The molecule has 1 saturated heterocycles. The Hall–Kier alpha value is -1.54. The molecule has 18 heavy (non-hydrogen) atoms. The van der Waals surface area contributed by atoms with E-state index in [-0.39, 0.29) is 11.9 Å². The van der Waals surface area contributed by atoms with Crippen LogP contribution >= 0.6 is 15.9 Å². The maximum Gasteiger partial charge on any atom is 0.217 e. The first kappa shape index (κ1) is 12.9.